The average molecular weight is 116 g/mol. The summed E-state index contributed by atoms with van der Waals surface area (Å²) in [5.74, 6) is 0.269. The monoisotopic (exact) mass is 116 g/mol. The molecule has 48 valence electrons. The highest BCUT2D eigenvalue weighted by Gasteiger charge is 2.16. The van der Waals surface area contributed by atoms with Crippen molar-refractivity contribution >= 4 is 5.91 Å². The van der Waals surface area contributed by atoms with E-state index in [2.05, 4.69) is 0 Å². The van der Waals surface area contributed by atoms with Gasteiger partial charge in [-0.05, 0) is 0 Å². The molecule has 0 aromatic heterocycles. The number of rotatable bonds is 1. The first-order valence-corrected chi connectivity index (χ1v) is 2.83. The number of hydrogen-bond donors (Lipinski definition) is 0. The van der Waals surface area contributed by atoms with Crippen LogP contribution in [0.4, 0.5) is 0 Å². The van der Waals surface area contributed by atoms with E-state index in [1.807, 2.05) is 28.1 Å². The van der Waals surface area contributed by atoms with E-state index in [0.717, 1.165) is 0 Å². The van der Waals surface area contributed by atoms with Gasteiger partial charge in [-0.2, -0.15) is 0 Å². The molecule has 0 aliphatic heterocycles. The van der Waals surface area contributed by atoms with E-state index in [4.69, 9.17) is 0 Å². The van der Waals surface area contributed by atoms with Gasteiger partial charge in [-0.3, -0.25) is 4.48 Å². The molecule has 0 bridgehead atoms. The number of quaternary nitrogens is 1. The molecule has 8 heavy (non-hydrogen) atoms. The summed E-state index contributed by atoms with van der Waals surface area (Å²) >= 11 is 0. The second kappa shape index (κ2) is 2.27. The van der Waals surface area contributed by atoms with Crippen molar-refractivity contribution in [1.82, 2.24) is 0 Å². The van der Waals surface area contributed by atoms with Crippen LogP contribution in [0, 0.1) is 0 Å². The Morgan fingerprint density at radius 3 is 1.75 bits per heavy atom. The molecule has 0 radical (unpaired) electrons. The molecule has 0 atom stereocenters. The van der Waals surface area contributed by atoms with Gasteiger partial charge in [-0.25, -0.2) is 4.79 Å². The van der Waals surface area contributed by atoms with Crippen LogP contribution in [0.15, 0.2) is 0 Å². The molecule has 2 nitrogen and oxygen atoms in total. The van der Waals surface area contributed by atoms with Gasteiger partial charge in [0.2, 0.25) is 0 Å². The summed E-state index contributed by atoms with van der Waals surface area (Å²) in [5, 5.41) is 0. The topological polar surface area (TPSA) is 17.1 Å². The molecular weight excluding hydrogens is 102 g/mol. The lowest BCUT2D eigenvalue weighted by Gasteiger charge is -2.19. The fourth-order valence-electron chi connectivity index (χ4n) is 0.474. The predicted octanol–water partition coefficient (Wildman–Crippen LogP) is 0.629. The summed E-state index contributed by atoms with van der Waals surface area (Å²) in [5.41, 5.74) is 0. The molecule has 0 spiro atoms. The van der Waals surface area contributed by atoms with Crippen LogP contribution in [0.5, 0.6) is 0 Å². The van der Waals surface area contributed by atoms with Gasteiger partial charge in [-0.15, -0.1) is 0 Å². The minimum atomic E-state index is 0.269. The van der Waals surface area contributed by atoms with E-state index < -0.39 is 0 Å². The number of hydrogen-bond acceptors (Lipinski definition) is 1. The largest absolute Gasteiger partial charge is 0.312 e. The molecule has 0 N–H and O–H groups in total. The van der Waals surface area contributed by atoms with Crippen molar-refractivity contribution in [3.63, 3.8) is 0 Å². The predicted molar refractivity (Wildman–Crippen MR) is 33.3 cm³/mol. The number of carbonyl (C=O) groups is 1. The van der Waals surface area contributed by atoms with Gasteiger partial charge in [0.05, 0.1) is 27.6 Å². The third-order valence-electron chi connectivity index (χ3n) is 1.05. The van der Waals surface area contributed by atoms with Crippen molar-refractivity contribution in [1.29, 1.82) is 0 Å². The van der Waals surface area contributed by atoms with Crippen LogP contribution in [0.2, 0.25) is 0 Å². The lowest BCUT2D eigenvalue weighted by molar-refractivity contribution is -0.792. The molecule has 0 aromatic rings. The Morgan fingerprint density at radius 1 is 1.38 bits per heavy atom. The van der Waals surface area contributed by atoms with Gasteiger partial charge in [0.25, 0.3) is 0 Å². The summed E-state index contributed by atoms with van der Waals surface area (Å²) < 4.78 is 0.441. The maximum Gasteiger partial charge on any atom is 0.312 e. The summed E-state index contributed by atoms with van der Waals surface area (Å²) in [6, 6.07) is 0. The van der Waals surface area contributed by atoms with Crippen molar-refractivity contribution in [3.8, 4) is 0 Å². The summed E-state index contributed by atoms with van der Waals surface area (Å²) in [6.07, 6.45) is 0.628. The lowest BCUT2D eigenvalue weighted by atomic mass is 10.4. The fourth-order valence-corrected chi connectivity index (χ4v) is 0.474. The Morgan fingerprint density at radius 2 is 1.75 bits per heavy atom. The van der Waals surface area contributed by atoms with Crippen LogP contribution >= 0.6 is 0 Å². The minimum Gasteiger partial charge on any atom is -0.268 e. The smallest absolute Gasteiger partial charge is 0.268 e. The van der Waals surface area contributed by atoms with Crippen LogP contribution in [-0.4, -0.2) is 31.5 Å². The fraction of sp³-hybridized carbons (Fsp3) is 0.833. The molecule has 0 saturated heterocycles. The van der Waals surface area contributed by atoms with Crippen LogP contribution in [0.1, 0.15) is 13.3 Å². The quantitative estimate of drug-likeness (QED) is 0.459. The SMILES string of the molecule is CCC(=O)[N+](C)(C)C. The maximum absolute atomic E-state index is 10.8. The molecule has 0 heterocycles. The first kappa shape index (κ1) is 7.63. The molecule has 0 saturated carbocycles. The number of amides is 1. The Balaban J connectivity index is 3.82. The molecule has 1 amide bonds. The van der Waals surface area contributed by atoms with E-state index in [9.17, 15) is 4.79 Å². The van der Waals surface area contributed by atoms with Gasteiger partial charge in [0, 0.05) is 0 Å². The standard InChI is InChI=1S/C6H14NO/c1-5-6(8)7(2,3)4/h5H2,1-4H3/q+1. The highest BCUT2D eigenvalue weighted by Crippen LogP contribution is 1.94. The van der Waals surface area contributed by atoms with Gasteiger partial charge in [0.1, 0.15) is 0 Å². The lowest BCUT2D eigenvalue weighted by Crippen LogP contribution is -2.40. The molecule has 0 rings (SSSR count). The molecule has 0 aliphatic carbocycles. The third kappa shape index (κ3) is 2.07. The summed E-state index contributed by atoms with van der Waals surface area (Å²) in [7, 11) is 5.64. The second-order valence-corrected chi connectivity index (χ2v) is 2.76. The molecule has 0 aliphatic rings. The molecule has 2 heteroatoms. The Hall–Kier alpha value is -0.370. The molecule has 0 aromatic carbocycles. The highest BCUT2D eigenvalue weighted by molar-refractivity contribution is 5.67. The van der Waals surface area contributed by atoms with E-state index >= 15 is 0 Å². The van der Waals surface area contributed by atoms with E-state index in [1.165, 1.54) is 0 Å². The van der Waals surface area contributed by atoms with Gasteiger partial charge in [-0.1, -0.05) is 6.92 Å². The van der Waals surface area contributed by atoms with Crippen LogP contribution < -0.4 is 0 Å². The van der Waals surface area contributed by atoms with Crippen LogP contribution in [0.3, 0.4) is 0 Å². The zero-order chi connectivity index (χ0) is 6.78. The second-order valence-electron chi connectivity index (χ2n) is 2.76. The molecular formula is C6H14NO+. The van der Waals surface area contributed by atoms with Crippen molar-refractivity contribution in [2.75, 3.05) is 21.1 Å². The van der Waals surface area contributed by atoms with E-state index in [1.54, 1.807) is 0 Å². The van der Waals surface area contributed by atoms with E-state index in [-0.39, 0.29) is 5.91 Å². The highest BCUT2D eigenvalue weighted by atomic mass is 16.2. The van der Waals surface area contributed by atoms with Gasteiger partial charge >= 0.3 is 5.91 Å². The summed E-state index contributed by atoms with van der Waals surface area (Å²) in [4.78, 5) is 10.8. The van der Waals surface area contributed by atoms with Gasteiger partial charge in [0.15, 0.2) is 0 Å². The van der Waals surface area contributed by atoms with Crippen LogP contribution in [0.25, 0.3) is 0 Å². The number of nitrogens with zero attached hydrogens (tertiary/aromatic N) is 1. The van der Waals surface area contributed by atoms with Crippen molar-refractivity contribution in [2.45, 2.75) is 13.3 Å². The zero-order valence-electron chi connectivity index (χ0n) is 6.06. The summed E-state index contributed by atoms with van der Waals surface area (Å²) in [6.45, 7) is 1.88. The van der Waals surface area contributed by atoms with Crippen molar-refractivity contribution < 1.29 is 9.28 Å². The van der Waals surface area contributed by atoms with Crippen LogP contribution in [-0.2, 0) is 4.79 Å². The third-order valence-corrected chi connectivity index (χ3v) is 1.05. The normalized spacial score (nSPS) is 11.5. The molecule has 0 fully saturated rings. The van der Waals surface area contributed by atoms with E-state index in [0.29, 0.717) is 10.9 Å². The minimum absolute atomic E-state index is 0.269. The molecule has 0 unspecified atom stereocenters. The number of carbonyl (C=O) groups excluding carboxylic acids is 1. The maximum atomic E-state index is 10.8. The van der Waals surface area contributed by atoms with Crippen molar-refractivity contribution in [3.05, 3.63) is 0 Å². The van der Waals surface area contributed by atoms with Crippen molar-refractivity contribution in [2.24, 2.45) is 0 Å². The zero-order valence-corrected chi connectivity index (χ0v) is 6.06. The Labute approximate surface area is 50.7 Å². The first-order valence-electron chi connectivity index (χ1n) is 2.83. The average Bonchev–Trinajstić information content (AvgIpc) is 1.62. The Kier molecular flexibility index (Phi) is 2.16. The Bertz CT molecular complexity index is 91.2. The first-order chi connectivity index (χ1) is 3.48. The van der Waals surface area contributed by atoms with Gasteiger partial charge < -0.3 is 0 Å².